The number of rotatable bonds is 7. The molecule has 1 aromatic heterocycles. The normalized spacial score (nSPS) is 12.0. The lowest BCUT2D eigenvalue weighted by Gasteiger charge is -2.23. The third-order valence-corrected chi connectivity index (χ3v) is 5.64. The van der Waals surface area contributed by atoms with Gasteiger partial charge in [-0.05, 0) is 57.2 Å². The van der Waals surface area contributed by atoms with Gasteiger partial charge in [0.15, 0.2) is 6.61 Å². The Hall–Kier alpha value is -2.93. The Labute approximate surface area is 174 Å². The number of likely N-dealkylation sites (N-methyl/N-ethyl adjacent to an activating group) is 1. The van der Waals surface area contributed by atoms with Gasteiger partial charge in [-0.25, -0.2) is 9.78 Å². The van der Waals surface area contributed by atoms with E-state index >= 15 is 0 Å². The molecule has 1 heterocycles. The topological polar surface area (TPSA) is 68.7 Å². The van der Waals surface area contributed by atoms with Crippen LogP contribution < -0.4 is 4.74 Å². The van der Waals surface area contributed by atoms with Crippen LogP contribution in [0.5, 0.6) is 5.75 Å². The predicted molar refractivity (Wildman–Crippen MR) is 113 cm³/mol. The van der Waals surface area contributed by atoms with E-state index in [0.29, 0.717) is 11.3 Å². The summed E-state index contributed by atoms with van der Waals surface area (Å²) in [5.41, 5.74) is 1.28. The van der Waals surface area contributed by atoms with Crippen LogP contribution >= 0.6 is 11.3 Å². The molecule has 0 aliphatic heterocycles. The zero-order valence-electron chi connectivity index (χ0n) is 16.9. The Bertz CT molecular complexity index is 964. The molecular weight excluding hydrogens is 388 g/mol. The molecule has 0 N–H and O–H groups in total. The molecule has 152 valence electrons. The first-order valence-corrected chi connectivity index (χ1v) is 10.2. The molecule has 0 aliphatic carbocycles. The number of nitrogens with zero attached hydrogens (tertiary/aromatic N) is 2. The van der Waals surface area contributed by atoms with Gasteiger partial charge in [-0.3, -0.25) is 4.79 Å². The zero-order valence-corrected chi connectivity index (χ0v) is 17.7. The highest BCUT2D eigenvalue weighted by Gasteiger charge is 2.22. The fraction of sp³-hybridized carbons (Fsp3) is 0.318. The molecule has 7 heteroatoms. The molecule has 3 aromatic rings. The van der Waals surface area contributed by atoms with Crippen LogP contribution in [0.4, 0.5) is 0 Å². The van der Waals surface area contributed by atoms with Gasteiger partial charge in [-0.2, -0.15) is 0 Å². The lowest BCUT2D eigenvalue weighted by Crippen LogP contribution is -2.33. The summed E-state index contributed by atoms with van der Waals surface area (Å²) in [6.45, 7) is 5.44. The summed E-state index contributed by atoms with van der Waals surface area (Å²) in [6.07, 6.45) is 0.0541. The molecule has 29 heavy (non-hydrogen) atoms. The van der Waals surface area contributed by atoms with Crippen molar-refractivity contribution in [1.29, 1.82) is 0 Å². The molecular formula is C22H24N2O4S. The van der Waals surface area contributed by atoms with E-state index < -0.39 is 5.97 Å². The molecule has 0 saturated heterocycles. The summed E-state index contributed by atoms with van der Waals surface area (Å²) < 4.78 is 11.8. The van der Waals surface area contributed by atoms with Crippen LogP contribution in [-0.4, -0.2) is 41.5 Å². The SMILES string of the molecule is CC(C)Oc1ccc(C(=O)OCC(=O)N(C)[C@@H](C)c2nc3ccccc3s2)cc1. The molecule has 3 rings (SSSR count). The molecule has 0 bridgehead atoms. The minimum Gasteiger partial charge on any atom is -0.491 e. The van der Waals surface area contributed by atoms with Gasteiger partial charge in [-0.1, -0.05) is 12.1 Å². The van der Waals surface area contributed by atoms with Crippen molar-refractivity contribution >= 4 is 33.4 Å². The maximum Gasteiger partial charge on any atom is 0.338 e. The van der Waals surface area contributed by atoms with E-state index in [-0.39, 0.29) is 24.7 Å². The van der Waals surface area contributed by atoms with Gasteiger partial charge in [0.25, 0.3) is 5.91 Å². The number of aromatic nitrogens is 1. The van der Waals surface area contributed by atoms with Crippen LogP contribution in [0.1, 0.15) is 42.2 Å². The Kier molecular flexibility index (Phi) is 6.49. The third-order valence-electron chi connectivity index (χ3n) is 4.43. The van der Waals surface area contributed by atoms with Crippen LogP contribution in [-0.2, 0) is 9.53 Å². The van der Waals surface area contributed by atoms with Gasteiger partial charge in [0.05, 0.1) is 27.9 Å². The van der Waals surface area contributed by atoms with E-state index in [1.165, 1.54) is 0 Å². The fourth-order valence-electron chi connectivity index (χ4n) is 2.70. The Morgan fingerprint density at radius 1 is 1.07 bits per heavy atom. The first kappa shape index (κ1) is 20.8. The van der Waals surface area contributed by atoms with Gasteiger partial charge >= 0.3 is 5.97 Å². The van der Waals surface area contributed by atoms with Crippen LogP contribution in [0.2, 0.25) is 0 Å². The largest absolute Gasteiger partial charge is 0.491 e. The number of amides is 1. The van der Waals surface area contributed by atoms with E-state index in [4.69, 9.17) is 9.47 Å². The number of para-hydroxylation sites is 1. The summed E-state index contributed by atoms with van der Waals surface area (Å²) in [4.78, 5) is 30.8. The van der Waals surface area contributed by atoms with E-state index in [0.717, 1.165) is 15.2 Å². The van der Waals surface area contributed by atoms with E-state index in [1.807, 2.05) is 45.0 Å². The molecule has 0 radical (unpaired) electrons. The van der Waals surface area contributed by atoms with Crippen LogP contribution in [0.25, 0.3) is 10.2 Å². The Balaban J connectivity index is 1.57. The third kappa shape index (κ3) is 5.12. The second kappa shape index (κ2) is 9.05. The Morgan fingerprint density at radius 2 is 1.76 bits per heavy atom. The number of carbonyl (C=O) groups is 2. The lowest BCUT2D eigenvalue weighted by molar-refractivity contribution is -0.135. The highest BCUT2D eigenvalue weighted by molar-refractivity contribution is 7.18. The van der Waals surface area contributed by atoms with Crippen LogP contribution in [0.3, 0.4) is 0 Å². The number of thiazole rings is 1. The summed E-state index contributed by atoms with van der Waals surface area (Å²) in [7, 11) is 1.69. The lowest BCUT2D eigenvalue weighted by atomic mass is 10.2. The molecule has 0 fully saturated rings. The second-order valence-corrected chi connectivity index (χ2v) is 8.03. The standard InChI is InChI=1S/C22H24N2O4S/c1-14(2)28-17-11-9-16(10-12-17)22(26)27-13-20(25)24(4)15(3)21-23-18-7-5-6-8-19(18)29-21/h5-12,14-15H,13H2,1-4H3/t15-/m0/s1. The molecule has 0 aliphatic rings. The highest BCUT2D eigenvalue weighted by Crippen LogP contribution is 2.28. The Morgan fingerprint density at radius 3 is 2.41 bits per heavy atom. The number of esters is 1. The van der Waals surface area contributed by atoms with Crippen molar-refractivity contribution in [3.8, 4) is 5.75 Å². The summed E-state index contributed by atoms with van der Waals surface area (Å²) in [5, 5.41) is 0.842. The zero-order chi connectivity index (χ0) is 21.0. The molecule has 2 aromatic carbocycles. The van der Waals surface area contributed by atoms with Crippen molar-refractivity contribution in [3.63, 3.8) is 0 Å². The van der Waals surface area contributed by atoms with Crippen molar-refractivity contribution in [2.24, 2.45) is 0 Å². The van der Waals surface area contributed by atoms with Crippen molar-refractivity contribution in [2.75, 3.05) is 13.7 Å². The number of hydrogen-bond acceptors (Lipinski definition) is 6. The number of fused-ring (bicyclic) bond motifs is 1. The first-order chi connectivity index (χ1) is 13.8. The van der Waals surface area contributed by atoms with Crippen molar-refractivity contribution in [2.45, 2.75) is 32.9 Å². The molecule has 1 amide bonds. The molecule has 6 nitrogen and oxygen atoms in total. The maximum absolute atomic E-state index is 12.5. The number of carbonyl (C=O) groups excluding carboxylic acids is 2. The average molecular weight is 413 g/mol. The van der Waals surface area contributed by atoms with Gasteiger partial charge < -0.3 is 14.4 Å². The minimum atomic E-state index is -0.546. The van der Waals surface area contributed by atoms with Gasteiger partial charge in [0.2, 0.25) is 0 Å². The quantitative estimate of drug-likeness (QED) is 0.536. The van der Waals surface area contributed by atoms with Crippen LogP contribution in [0.15, 0.2) is 48.5 Å². The predicted octanol–water partition coefficient (Wildman–Crippen LogP) is 4.46. The van der Waals surface area contributed by atoms with Gasteiger partial charge in [0, 0.05) is 7.05 Å². The van der Waals surface area contributed by atoms with E-state index in [2.05, 4.69) is 4.98 Å². The molecule has 0 saturated carbocycles. The summed E-state index contributed by atoms with van der Waals surface area (Å²) in [5.74, 6) is -0.155. The molecule has 1 atom stereocenters. The second-order valence-electron chi connectivity index (χ2n) is 6.97. The monoisotopic (exact) mass is 412 g/mol. The first-order valence-electron chi connectivity index (χ1n) is 9.40. The number of ether oxygens (including phenoxy) is 2. The number of hydrogen-bond donors (Lipinski definition) is 0. The fourth-order valence-corrected chi connectivity index (χ4v) is 3.77. The number of benzene rings is 2. The van der Waals surface area contributed by atoms with Gasteiger partial charge in [0.1, 0.15) is 10.8 Å². The van der Waals surface area contributed by atoms with E-state index in [1.54, 1.807) is 47.5 Å². The summed E-state index contributed by atoms with van der Waals surface area (Å²) >= 11 is 1.55. The highest BCUT2D eigenvalue weighted by atomic mass is 32.1. The summed E-state index contributed by atoms with van der Waals surface area (Å²) in [6, 6.07) is 14.3. The van der Waals surface area contributed by atoms with Gasteiger partial charge in [-0.15, -0.1) is 11.3 Å². The van der Waals surface area contributed by atoms with Crippen molar-refractivity contribution in [3.05, 3.63) is 59.1 Å². The van der Waals surface area contributed by atoms with E-state index in [9.17, 15) is 9.59 Å². The molecule has 0 unspecified atom stereocenters. The average Bonchev–Trinajstić information content (AvgIpc) is 3.15. The van der Waals surface area contributed by atoms with Crippen molar-refractivity contribution in [1.82, 2.24) is 9.88 Å². The minimum absolute atomic E-state index is 0.0541. The molecule has 0 spiro atoms. The van der Waals surface area contributed by atoms with Crippen LogP contribution in [0, 0.1) is 0 Å². The maximum atomic E-state index is 12.5. The van der Waals surface area contributed by atoms with Crippen molar-refractivity contribution < 1.29 is 19.1 Å². The smallest absolute Gasteiger partial charge is 0.338 e.